The molecule has 0 aromatic rings. The van der Waals surface area contributed by atoms with Crippen molar-refractivity contribution in [2.24, 2.45) is 11.8 Å². The number of hydrogen-bond donors (Lipinski definition) is 0. The average molecular weight is 287 g/mol. The van der Waals surface area contributed by atoms with Crippen molar-refractivity contribution in [3.05, 3.63) is 0 Å². The molecule has 0 aliphatic rings. The summed E-state index contributed by atoms with van der Waals surface area (Å²) in [5.41, 5.74) is 0. The summed E-state index contributed by atoms with van der Waals surface area (Å²) >= 11 is 0. The van der Waals surface area contributed by atoms with Gasteiger partial charge in [-0.1, -0.05) is 77.8 Å². The van der Waals surface area contributed by atoms with Crippen molar-refractivity contribution in [3.8, 4) is 0 Å². The zero-order valence-electron chi connectivity index (χ0n) is 10.9. The molecule has 0 radical (unpaired) electrons. The smallest absolute Gasteiger partial charge is 0.00600 e. The van der Waals surface area contributed by atoms with Gasteiger partial charge in [0.2, 0.25) is 0 Å². The van der Waals surface area contributed by atoms with E-state index >= 15 is 0 Å². The molecule has 0 amide bonds. The highest BCUT2D eigenvalue weighted by molar-refractivity contribution is 8.76. The first kappa shape index (κ1) is 18.8. The highest BCUT2D eigenvalue weighted by Crippen LogP contribution is 2.22. The van der Waals surface area contributed by atoms with Crippen LogP contribution in [-0.2, 0) is 0 Å². The lowest BCUT2D eigenvalue weighted by atomic mass is 10.3. The Morgan fingerprint density at radius 3 is 1.53 bits per heavy atom. The molecule has 0 nitrogen and oxygen atoms in total. The molecular weight excluding hydrogens is 260 g/mol. The van der Waals surface area contributed by atoms with E-state index in [0.29, 0.717) is 0 Å². The van der Waals surface area contributed by atoms with Gasteiger partial charge < -0.3 is 0 Å². The lowest BCUT2D eigenvalue weighted by Gasteiger charge is -1.99. The van der Waals surface area contributed by atoms with Gasteiger partial charge >= 0.3 is 0 Å². The van der Waals surface area contributed by atoms with Crippen molar-refractivity contribution in [3.63, 3.8) is 0 Å². The molecule has 0 aliphatic carbocycles. The van der Waals surface area contributed by atoms with Gasteiger partial charge in [-0.05, 0) is 18.1 Å². The molecule has 0 unspecified atom stereocenters. The Morgan fingerprint density at radius 2 is 1.27 bits per heavy atom. The van der Waals surface area contributed by atoms with E-state index in [-0.39, 0.29) is 0 Å². The highest BCUT2D eigenvalue weighted by atomic mass is 33.1. The normalized spacial score (nSPS) is 10.4. The average Bonchev–Trinajstić information content (AvgIpc) is 2.15. The topological polar surface area (TPSA) is 0 Å². The molecule has 4 heteroatoms. The van der Waals surface area contributed by atoms with Gasteiger partial charge in [0.1, 0.15) is 0 Å². The molecule has 0 N–H and O–H groups in total. The van der Waals surface area contributed by atoms with Gasteiger partial charge in [0, 0.05) is 17.3 Å². The summed E-state index contributed by atoms with van der Waals surface area (Å²) in [6, 6.07) is 0. The molecule has 94 valence electrons. The van der Waals surface area contributed by atoms with Crippen LogP contribution in [0.15, 0.2) is 0 Å². The fourth-order valence-electron chi connectivity index (χ4n) is 0.472. The van der Waals surface area contributed by atoms with Crippen molar-refractivity contribution < 1.29 is 0 Å². The molecule has 0 rings (SSSR count). The zero-order valence-corrected chi connectivity index (χ0v) is 14.2. The predicted octanol–water partition coefficient (Wildman–Crippen LogP) is 5.70. The van der Waals surface area contributed by atoms with Crippen LogP contribution in [0.3, 0.4) is 0 Å². The van der Waals surface area contributed by atoms with Crippen molar-refractivity contribution in [1.82, 2.24) is 0 Å². The summed E-state index contributed by atoms with van der Waals surface area (Å²) in [6.07, 6.45) is 2.12. The van der Waals surface area contributed by atoms with E-state index in [4.69, 9.17) is 0 Å². The second kappa shape index (κ2) is 15.4. The zero-order chi connectivity index (χ0) is 12.1. The molecule has 0 aliphatic heterocycles. The van der Waals surface area contributed by atoms with E-state index in [9.17, 15) is 0 Å². The van der Waals surface area contributed by atoms with Crippen molar-refractivity contribution in [1.29, 1.82) is 0 Å². The summed E-state index contributed by atoms with van der Waals surface area (Å²) in [4.78, 5) is 0. The second-order valence-electron chi connectivity index (χ2n) is 3.93. The maximum absolute atomic E-state index is 2.25. The molecule has 0 spiro atoms. The molecule has 0 bridgehead atoms. The Kier molecular flexibility index (Phi) is 19.3. The molecule has 0 aromatic heterocycles. The van der Waals surface area contributed by atoms with Crippen LogP contribution in [0.2, 0.25) is 0 Å². The van der Waals surface area contributed by atoms with E-state index in [2.05, 4.69) is 40.9 Å². The van der Waals surface area contributed by atoms with E-state index in [0.717, 1.165) is 11.8 Å². The Bertz CT molecular complexity index is 105. The van der Waals surface area contributed by atoms with Crippen molar-refractivity contribution in [2.45, 2.75) is 34.6 Å². The van der Waals surface area contributed by atoms with E-state index in [1.165, 1.54) is 17.3 Å². The molecule has 0 heterocycles. The largest absolute Gasteiger partial charge is 0.0976 e. The fraction of sp³-hybridized carbons (Fsp3) is 1.00. The van der Waals surface area contributed by atoms with Crippen LogP contribution in [0.1, 0.15) is 34.6 Å². The molecule has 0 saturated heterocycles. The summed E-state index contributed by atoms with van der Waals surface area (Å²) in [6.45, 7) is 11.2. The summed E-state index contributed by atoms with van der Waals surface area (Å²) in [7, 11) is 7.71. The molecule has 0 aromatic carbocycles. The maximum atomic E-state index is 2.25. The highest BCUT2D eigenvalue weighted by Gasteiger charge is 1.91. The van der Waals surface area contributed by atoms with Crippen molar-refractivity contribution in [2.75, 3.05) is 23.5 Å². The quantitative estimate of drug-likeness (QED) is 0.435. The number of rotatable bonds is 7. The second-order valence-corrected chi connectivity index (χ2v) is 9.34. The number of hydrogen-bond acceptors (Lipinski definition) is 4. The molecule has 15 heavy (non-hydrogen) atoms. The lowest BCUT2D eigenvalue weighted by Crippen LogP contribution is -1.87. The van der Waals surface area contributed by atoms with Gasteiger partial charge in [-0.25, -0.2) is 0 Å². The summed E-state index contributed by atoms with van der Waals surface area (Å²) in [5, 5.41) is 0. The first-order valence-electron chi connectivity index (χ1n) is 5.44. The SMILES string of the molecule is CCSSCC(C)C.CSSCC(C)C. The van der Waals surface area contributed by atoms with Crippen LogP contribution in [-0.4, -0.2) is 23.5 Å². The summed E-state index contributed by atoms with van der Waals surface area (Å²) in [5.74, 6) is 5.49. The van der Waals surface area contributed by atoms with Gasteiger partial charge in [-0.2, -0.15) is 0 Å². The van der Waals surface area contributed by atoms with Gasteiger partial charge in [-0.3, -0.25) is 0 Å². The molecule has 0 fully saturated rings. The molecule has 0 saturated carbocycles. The summed E-state index contributed by atoms with van der Waals surface area (Å²) < 4.78 is 0. The van der Waals surface area contributed by atoms with Crippen molar-refractivity contribution >= 4 is 43.2 Å². The van der Waals surface area contributed by atoms with Crippen LogP contribution in [0, 0.1) is 11.8 Å². The third kappa shape index (κ3) is 25.6. The van der Waals surface area contributed by atoms with E-state index in [1.54, 1.807) is 0 Å². The third-order valence-corrected chi connectivity index (χ3v) is 6.10. The van der Waals surface area contributed by atoms with Crippen LogP contribution >= 0.6 is 43.2 Å². The minimum Gasteiger partial charge on any atom is -0.0976 e. The van der Waals surface area contributed by atoms with Gasteiger partial charge in [0.05, 0.1) is 0 Å². The van der Waals surface area contributed by atoms with Crippen LogP contribution in [0.5, 0.6) is 0 Å². The predicted molar refractivity (Wildman–Crippen MR) is 86.2 cm³/mol. The van der Waals surface area contributed by atoms with E-state index < -0.39 is 0 Å². The van der Waals surface area contributed by atoms with Crippen LogP contribution in [0.25, 0.3) is 0 Å². The third-order valence-electron chi connectivity index (χ3n) is 1.12. The Labute approximate surface area is 113 Å². The Morgan fingerprint density at radius 1 is 0.800 bits per heavy atom. The Balaban J connectivity index is 0. The van der Waals surface area contributed by atoms with Gasteiger partial charge in [0.15, 0.2) is 0 Å². The first-order valence-corrected chi connectivity index (χ1v) is 10.7. The molecule has 0 atom stereocenters. The first-order chi connectivity index (χ1) is 7.04. The monoisotopic (exact) mass is 286 g/mol. The van der Waals surface area contributed by atoms with Gasteiger partial charge in [-0.15, -0.1) is 0 Å². The minimum atomic E-state index is 0.845. The fourth-order valence-corrected chi connectivity index (χ4v) is 4.24. The van der Waals surface area contributed by atoms with E-state index in [1.807, 2.05) is 43.2 Å². The lowest BCUT2D eigenvalue weighted by molar-refractivity contribution is 0.752. The molecular formula is C11H26S4. The van der Waals surface area contributed by atoms with Crippen LogP contribution in [0.4, 0.5) is 0 Å². The van der Waals surface area contributed by atoms with Gasteiger partial charge in [0.25, 0.3) is 0 Å². The minimum absolute atomic E-state index is 0.845. The van der Waals surface area contributed by atoms with Crippen LogP contribution < -0.4 is 0 Å². The maximum Gasteiger partial charge on any atom is 0.00600 e. The Hall–Kier alpha value is 1.40. The standard InChI is InChI=1S/C6H14S2.C5H12S2/c1-4-7-8-5-6(2)3;1-5(2)4-7-6-3/h6H,4-5H2,1-3H3;5H,4H2,1-3H3.